The highest BCUT2D eigenvalue weighted by molar-refractivity contribution is 5.44. The van der Waals surface area contributed by atoms with Crippen LogP contribution in [0.25, 0.3) is 0 Å². The Labute approximate surface area is 81.6 Å². The van der Waals surface area contributed by atoms with Gasteiger partial charge in [-0.05, 0) is 6.07 Å². The smallest absolute Gasteiger partial charge is 0.183 e. The highest BCUT2D eigenvalue weighted by Gasteiger charge is 2.19. The fraction of sp³-hybridized carbons (Fsp3) is 0.400. The van der Waals surface area contributed by atoms with Gasteiger partial charge in [0.25, 0.3) is 0 Å². The van der Waals surface area contributed by atoms with Gasteiger partial charge in [-0.2, -0.15) is 0 Å². The second-order valence-corrected chi connectivity index (χ2v) is 3.36. The fourth-order valence-electron chi connectivity index (χ4n) is 1.42. The van der Waals surface area contributed by atoms with E-state index in [4.69, 9.17) is 9.47 Å². The molecule has 0 saturated carbocycles. The van der Waals surface area contributed by atoms with E-state index >= 15 is 0 Å². The summed E-state index contributed by atoms with van der Waals surface area (Å²) < 4.78 is 23.6. The number of hydrogen-bond donors (Lipinski definition) is 1. The van der Waals surface area contributed by atoms with E-state index in [1.165, 1.54) is 12.1 Å². The maximum absolute atomic E-state index is 12.9. The van der Waals surface area contributed by atoms with Gasteiger partial charge < -0.3 is 15.2 Å². The van der Waals surface area contributed by atoms with Crippen molar-refractivity contribution in [1.29, 1.82) is 0 Å². The minimum Gasteiger partial charge on any atom is -0.482 e. The first-order valence-corrected chi connectivity index (χ1v) is 4.61. The molecule has 1 atom stereocenters. The number of ether oxygens (including phenoxy) is 2. The lowest BCUT2D eigenvalue weighted by Gasteiger charge is -2.11. The van der Waals surface area contributed by atoms with E-state index in [0.29, 0.717) is 24.7 Å². The Balaban J connectivity index is 2.10. The average molecular weight is 198 g/mol. The van der Waals surface area contributed by atoms with Crippen LogP contribution in [0.3, 0.4) is 0 Å². The van der Waals surface area contributed by atoms with Crippen molar-refractivity contribution < 1.29 is 19.6 Å². The molecule has 4 heteroatoms. The summed E-state index contributed by atoms with van der Waals surface area (Å²) in [6, 6.07) is 4.35. The summed E-state index contributed by atoms with van der Waals surface area (Å²) in [6.45, 7) is 1.29. The van der Waals surface area contributed by atoms with Gasteiger partial charge in [-0.3, -0.25) is 0 Å². The van der Waals surface area contributed by atoms with Gasteiger partial charge in [0, 0.05) is 18.6 Å². The Bertz CT molecular complexity index is 324. The highest BCUT2D eigenvalue weighted by atomic mass is 19.1. The molecule has 0 radical (unpaired) electrons. The summed E-state index contributed by atoms with van der Waals surface area (Å²) in [5, 5.41) is 0. The van der Waals surface area contributed by atoms with E-state index in [9.17, 15) is 4.39 Å². The lowest BCUT2D eigenvalue weighted by Crippen LogP contribution is -2.41. The summed E-state index contributed by atoms with van der Waals surface area (Å²) in [5.74, 6) is 0.215. The maximum Gasteiger partial charge on any atom is 0.183 e. The van der Waals surface area contributed by atoms with Crippen LogP contribution in [-0.2, 0) is 4.74 Å². The van der Waals surface area contributed by atoms with Crippen LogP contribution >= 0.6 is 0 Å². The molecule has 1 saturated heterocycles. The lowest BCUT2D eigenvalue weighted by atomic mass is 10.2. The van der Waals surface area contributed by atoms with Crippen LogP contribution in [0.4, 0.5) is 10.1 Å². The molecule has 1 fully saturated rings. The molecule has 76 valence electrons. The quantitative estimate of drug-likeness (QED) is 0.766. The van der Waals surface area contributed by atoms with Crippen molar-refractivity contribution >= 4 is 5.69 Å². The largest absolute Gasteiger partial charge is 0.482 e. The molecule has 0 spiro atoms. The van der Waals surface area contributed by atoms with E-state index in [1.54, 1.807) is 6.07 Å². The van der Waals surface area contributed by atoms with Crippen molar-refractivity contribution in [2.24, 2.45) is 0 Å². The van der Waals surface area contributed by atoms with E-state index in [2.05, 4.69) is 5.73 Å². The van der Waals surface area contributed by atoms with Gasteiger partial charge in [-0.25, -0.2) is 4.39 Å². The second-order valence-electron chi connectivity index (χ2n) is 3.36. The van der Waals surface area contributed by atoms with Gasteiger partial charge in [-0.1, -0.05) is 0 Å². The topological polar surface area (TPSA) is 46.1 Å². The molecule has 1 aromatic carbocycles. The zero-order valence-corrected chi connectivity index (χ0v) is 7.83. The Kier molecular flexibility index (Phi) is 2.65. The number of hydrogen-bond acceptors (Lipinski definition) is 2. The summed E-state index contributed by atoms with van der Waals surface area (Å²) in [6.07, 6.45) is 0.896. The molecule has 0 aromatic heterocycles. The molecular weight excluding hydrogens is 185 g/mol. The molecule has 1 heterocycles. The van der Waals surface area contributed by atoms with Crippen LogP contribution in [0.2, 0.25) is 0 Å². The summed E-state index contributed by atoms with van der Waals surface area (Å²) in [5.41, 5.74) is 4.48. The molecule has 0 aliphatic carbocycles. The zero-order valence-electron chi connectivity index (χ0n) is 7.83. The summed E-state index contributed by atoms with van der Waals surface area (Å²) >= 11 is 0. The van der Waals surface area contributed by atoms with Gasteiger partial charge in [0.05, 0.1) is 13.2 Å². The number of quaternary nitrogens is 1. The molecule has 3 N–H and O–H groups in total. The molecule has 0 amide bonds. The predicted molar refractivity (Wildman–Crippen MR) is 48.8 cm³/mol. The fourth-order valence-corrected chi connectivity index (χ4v) is 1.42. The molecule has 1 aliphatic rings. The minimum atomic E-state index is -0.300. The van der Waals surface area contributed by atoms with Crippen molar-refractivity contribution in [3.8, 4) is 5.75 Å². The standard InChI is InChI=1S/C10H12FNO2/c11-7-1-2-9(12)10(5-7)14-8-3-4-13-6-8/h1-2,5,8H,3-4,6,12H2/p+1. The Morgan fingerprint density at radius 1 is 1.50 bits per heavy atom. The molecule has 1 aliphatic heterocycles. The third-order valence-corrected chi connectivity index (χ3v) is 2.21. The molecule has 1 unspecified atom stereocenters. The molecular formula is C10H13FNO2+. The Hall–Kier alpha value is -1.13. The van der Waals surface area contributed by atoms with Gasteiger partial charge >= 0.3 is 0 Å². The molecule has 3 nitrogen and oxygen atoms in total. The second kappa shape index (κ2) is 3.94. The third-order valence-electron chi connectivity index (χ3n) is 2.21. The molecule has 0 bridgehead atoms. The van der Waals surface area contributed by atoms with Crippen molar-refractivity contribution in [1.82, 2.24) is 0 Å². The van der Waals surface area contributed by atoms with Crippen LogP contribution in [-0.4, -0.2) is 19.3 Å². The van der Waals surface area contributed by atoms with Crippen LogP contribution in [0, 0.1) is 5.82 Å². The van der Waals surface area contributed by atoms with Crippen molar-refractivity contribution in [3.05, 3.63) is 24.0 Å². The van der Waals surface area contributed by atoms with E-state index in [-0.39, 0.29) is 11.9 Å². The monoisotopic (exact) mass is 198 g/mol. The first kappa shape index (κ1) is 9.43. The Morgan fingerprint density at radius 2 is 2.36 bits per heavy atom. The predicted octanol–water partition coefficient (Wildman–Crippen LogP) is 0.867. The highest BCUT2D eigenvalue weighted by Crippen LogP contribution is 2.23. The van der Waals surface area contributed by atoms with Gasteiger partial charge in [0.1, 0.15) is 11.9 Å². The number of halogens is 1. The Morgan fingerprint density at radius 3 is 3.07 bits per heavy atom. The number of benzene rings is 1. The van der Waals surface area contributed by atoms with E-state index in [0.717, 1.165) is 6.42 Å². The first-order chi connectivity index (χ1) is 6.75. The molecule has 2 rings (SSSR count). The number of rotatable bonds is 2. The lowest BCUT2D eigenvalue weighted by molar-refractivity contribution is -0.257. The average Bonchev–Trinajstić information content (AvgIpc) is 2.64. The summed E-state index contributed by atoms with van der Waals surface area (Å²) in [7, 11) is 0. The normalized spacial score (nSPS) is 21.1. The van der Waals surface area contributed by atoms with Crippen LogP contribution in [0.1, 0.15) is 6.42 Å². The van der Waals surface area contributed by atoms with Gasteiger partial charge in [-0.15, -0.1) is 0 Å². The van der Waals surface area contributed by atoms with E-state index < -0.39 is 0 Å². The third kappa shape index (κ3) is 2.02. The molecule has 14 heavy (non-hydrogen) atoms. The summed E-state index contributed by atoms with van der Waals surface area (Å²) in [4.78, 5) is 0. The molecule has 1 aromatic rings. The SMILES string of the molecule is [NH3+]c1ccc(F)cc1OC1CCOC1. The van der Waals surface area contributed by atoms with Crippen LogP contribution in [0.15, 0.2) is 18.2 Å². The maximum atomic E-state index is 12.9. The van der Waals surface area contributed by atoms with Crippen molar-refractivity contribution in [3.63, 3.8) is 0 Å². The minimum absolute atomic E-state index is 0.0392. The van der Waals surface area contributed by atoms with Crippen molar-refractivity contribution in [2.45, 2.75) is 12.5 Å². The van der Waals surface area contributed by atoms with Gasteiger partial charge in [0.15, 0.2) is 11.4 Å². The van der Waals surface area contributed by atoms with Crippen LogP contribution < -0.4 is 10.5 Å². The first-order valence-electron chi connectivity index (χ1n) is 4.61. The van der Waals surface area contributed by atoms with E-state index in [1.807, 2.05) is 0 Å². The zero-order chi connectivity index (χ0) is 9.97. The van der Waals surface area contributed by atoms with Crippen LogP contribution in [0.5, 0.6) is 5.75 Å². The van der Waals surface area contributed by atoms with Crippen molar-refractivity contribution in [2.75, 3.05) is 13.2 Å². The van der Waals surface area contributed by atoms with Gasteiger partial charge in [0.2, 0.25) is 0 Å².